The van der Waals surface area contributed by atoms with Gasteiger partial charge in [0.25, 0.3) is 0 Å². The summed E-state index contributed by atoms with van der Waals surface area (Å²) in [5, 5.41) is 6.73. The highest BCUT2D eigenvalue weighted by atomic mass is 32.1. The summed E-state index contributed by atoms with van der Waals surface area (Å²) in [7, 11) is 3.20. The summed E-state index contributed by atoms with van der Waals surface area (Å²) in [6.45, 7) is 0. The molecule has 0 atom stereocenters. The fraction of sp³-hybridized carbons (Fsp3) is 0.167. The van der Waals surface area contributed by atoms with E-state index in [4.69, 9.17) is 9.47 Å². The molecule has 0 fully saturated rings. The molecule has 18 heavy (non-hydrogen) atoms. The van der Waals surface area contributed by atoms with Crippen LogP contribution in [0.2, 0.25) is 0 Å². The zero-order valence-corrected chi connectivity index (χ0v) is 10.9. The van der Waals surface area contributed by atoms with E-state index in [1.54, 1.807) is 26.6 Å². The molecule has 1 aromatic carbocycles. The van der Waals surface area contributed by atoms with E-state index in [2.05, 4.69) is 15.5 Å². The Bertz CT molecular complexity index is 526. The molecule has 0 saturated carbocycles. The summed E-state index contributed by atoms with van der Waals surface area (Å²) in [5.41, 5.74) is 3.68. The Morgan fingerprint density at radius 2 is 2.22 bits per heavy atom. The quantitative estimate of drug-likeness (QED) is 0.665. The van der Waals surface area contributed by atoms with Crippen molar-refractivity contribution in [3.63, 3.8) is 0 Å². The fourth-order valence-corrected chi connectivity index (χ4v) is 1.93. The van der Waals surface area contributed by atoms with Gasteiger partial charge in [0.05, 0.1) is 20.4 Å². The number of hydrazone groups is 1. The van der Waals surface area contributed by atoms with E-state index in [1.807, 2.05) is 23.6 Å². The van der Waals surface area contributed by atoms with Gasteiger partial charge < -0.3 is 9.47 Å². The van der Waals surface area contributed by atoms with Crippen LogP contribution in [-0.4, -0.2) is 25.4 Å². The summed E-state index contributed by atoms with van der Waals surface area (Å²) in [6, 6.07) is 5.62. The highest BCUT2D eigenvalue weighted by Gasteiger charge is 2.06. The van der Waals surface area contributed by atoms with Crippen LogP contribution in [0.1, 0.15) is 5.56 Å². The van der Waals surface area contributed by atoms with Gasteiger partial charge in [-0.3, -0.25) is 5.43 Å². The van der Waals surface area contributed by atoms with Crippen LogP contribution in [0.4, 0.5) is 5.13 Å². The molecule has 0 unspecified atom stereocenters. The molecule has 2 aromatic rings. The molecule has 1 N–H and O–H groups in total. The number of benzene rings is 1. The zero-order valence-electron chi connectivity index (χ0n) is 10.1. The molecule has 1 aromatic heterocycles. The highest BCUT2D eigenvalue weighted by Crippen LogP contribution is 2.29. The number of hydrogen-bond donors (Lipinski definition) is 1. The Hall–Kier alpha value is -2.08. The number of aromatic nitrogens is 1. The lowest BCUT2D eigenvalue weighted by molar-refractivity contribution is 0.354. The summed E-state index contributed by atoms with van der Waals surface area (Å²) in [5.74, 6) is 1.33. The molecule has 6 heteroatoms. The smallest absolute Gasteiger partial charge is 0.203 e. The molecule has 0 spiro atoms. The van der Waals surface area contributed by atoms with Crippen molar-refractivity contribution in [2.24, 2.45) is 5.10 Å². The van der Waals surface area contributed by atoms with Crippen molar-refractivity contribution in [1.29, 1.82) is 0 Å². The maximum atomic E-state index is 5.30. The van der Waals surface area contributed by atoms with Gasteiger partial charge in [0.1, 0.15) is 0 Å². The molecule has 0 saturated heterocycles. The molecule has 0 aliphatic rings. The minimum Gasteiger partial charge on any atom is -0.493 e. The van der Waals surface area contributed by atoms with Crippen LogP contribution in [0.25, 0.3) is 0 Å². The van der Waals surface area contributed by atoms with Crippen LogP contribution < -0.4 is 14.9 Å². The van der Waals surface area contributed by atoms with Crippen molar-refractivity contribution < 1.29 is 9.47 Å². The molecule has 0 aliphatic heterocycles. The SMILES string of the molecule is COc1cccc(C=NNc2nccs2)c1OC. The van der Waals surface area contributed by atoms with E-state index in [9.17, 15) is 0 Å². The van der Waals surface area contributed by atoms with Gasteiger partial charge in [0.2, 0.25) is 5.13 Å². The number of ether oxygens (including phenoxy) is 2. The van der Waals surface area contributed by atoms with Crippen molar-refractivity contribution in [2.75, 3.05) is 19.6 Å². The molecule has 0 amide bonds. The van der Waals surface area contributed by atoms with Gasteiger partial charge in [-0.1, -0.05) is 6.07 Å². The topological polar surface area (TPSA) is 55.7 Å². The highest BCUT2D eigenvalue weighted by molar-refractivity contribution is 7.13. The Morgan fingerprint density at radius 1 is 1.33 bits per heavy atom. The number of rotatable bonds is 5. The average Bonchev–Trinajstić information content (AvgIpc) is 2.91. The minimum absolute atomic E-state index is 0.657. The first kappa shape index (κ1) is 12.4. The summed E-state index contributed by atoms with van der Waals surface area (Å²) in [4.78, 5) is 4.06. The van der Waals surface area contributed by atoms with Gasteiger partial charge in [0.15, 0.2) is 11.5 Å². The van der Waals surface area contributed by atoms with E-state index >= 15 is 0 Å². The van der Waals surface area contributed by atoms with E-state index in [1.165, 1.54) is 11.3 Å². The molecule has 0 bridgehead atoms. The lowest BCUT2D eigenvalue weighted by Gasteiger charge is -2.09. The largest absolute Gasteiger partial charge is 0.493 e. The van der Waals surface area contributed by atoms with Gasteiger partial charge in [0, 0.05) is 17.1 Å². The van der Waals surface area contributed by atoms with Gasteiger partial charge in [-0.05, 0) is 12.1 Å². The van der Waals surface area contributed by atoms with Gasteiger partial charge in [-0.2, -0.15) is 5.10 Å². The monoisotopic (exact) mass is 263 g/mol. The third kappa shape index (κ3) is 2.78. The van der Waals surface area contributed by atoms with Crippen LogP contribution >= 0.6 is 11.3 Å². The molecular weight excluding hydrogens is 250 g/mol. The molecule has 0 aliphatic carbocycles. The molecule has 0 radical (unpaired) electrons. The van der Waals surface area contributed by atoms with E-state index in [-0.39, 0.29) is 0 Å². The van der Waals surface area contributed by atoms with Crippen molar-refractivity contribution in [3.8, 4) is 11.5 Å². The van der Waals surface area contributed by atoms with Gasteiger partial charge in [-0.15, -0.1) is 11.3 Å². The second kappa shape index (κ2) is 6.02. The Labute approximate surface area is 109 Å². The molecule has 94 valence electrons. The van der Waals surface area contributed by atoms with Crippen LogP contribution in [0, 0.1) is 0 Å². The molecular formula is C12H13N3O2S. The fourth-order valence-electron chi connectivity index (χ4n) is 1.45. The predicted octanol–water partition coefficient (Wildman–Crippen LogP) is 2.61. The average molecular weight is 263 g/mol. The number of thiazole rings is 1. The Balaban J connectivity index is 2.15. The molecule has 1 heterocycles. The first-order valence-electron chi connectivity index (χ1n) is 5.24. The second-order valence-corrected chi connectivity index (χ2v) is 4.18. The maximum absolute atomic E-state index is 5.30. The maximum Gasteiger partial charge on any atom is 0.203 e. The number of hydrogen-bond acceptors (Lipinski definition) is 6. The second-order valence-electron chi connectivity index (χ2n) is 3.29. The lowest BCUT2D eigenvalue weighted by atomic mass is 10.2. The van der Waals surface area contributed by atoms with Crippen LogP contribution in [0.15, 0.2) is 34.9 Å². The Morgan fingerprint density at radius 3 is 2.89 bits per heavy atom. The number of anilines is 1. The van der Waals surface area contributed by atoms with Crippen molar-refractivity contribution >= 4 is 22.7 Å². The van der Waals surface area contributed by atoms with Crippen LogP contribution in [-0.2, 0) is 0 Å². The van der Waals surface area contributed by atoms with E-state index in [0.29, 0.717) is 11.5 Å². The third-order valence-electron chi connectivity index (χ3n) is 2.23. The third-order valence-corrected chi connectivity index (χ3v) is 2.91. The standard InChI is InChI=1S/C12H13N3O2S/c1-16-10-5-3-4-9(11(10)17-2)8-14-15-12-13-6-7-18-12/h3-8H,1-2H3,(H,13,15). The van der Waals surface area contributed by atoms with Crippen LogP contribution in [0.5, 0.6) is 11.5 Å². The number of nitrogens with zero attached hydrogens (tertiary/aromatic N) is 2. The predicted molar refractivity (Wildman–Crippen MR) is 72.9 cm³/mol. The lowest BCUT2D eigenvalue weighted by Crippen LogP contribution is -1.96. The number of nitrogens with one attached hydrogen (secondary N) is 1. The number of methoxy groups -OCH3 is 2. The normalized spacial score (nSPS) is 10.6. The minimum atomic E-state index is 0.657. The van der Waals surface area contributed by atoms with Crippen molar-refractivity contribution in [2.45, 2.75) is 0 Å². The summed E-state index contributed by atoms with van der Waals surface area (Å²) < 4.78 is 10.5. The van der Waals surface area contributed by atoms with Gasteiger partial charge in [-0.25, -0.2) is 4.98 Å². The summed E-state index contributed by atoms with van der Waals surface area (Å²) in [6.07, 6.45) is 3.39. The van der Waals surface area contributed by atoms with Crippen molar-refractivity contribution in [3.05, 3.63) is 35.3 Å². The number of para-hydroxylation sites is 1. The molecule has 5 nitrogen and oxygen atoms in total. The zero-order chi connectivity index (χ0) is 12.8. The van der Waals surface area contributed by atoms with Crippen molar-refractivity contribution in [1.82, 2.24) is 4.98 Å². The Kier molecular flexibility index (Phi) is 4.14. The first-order chi connectivity index (χ1) is 8.85. The molecule has 2 rings (SSSR count). The van der Waals surface area contributed by atoms with E-state index in [0.717, 1.165) is 10.7 Å². The first-order valence-corrected chi connectivity index (χ1v) is 6.12. The van der Waals surface area contributed by atoms with Crippen LogP contribution in [0.3, 0.4) is 0 Å². The summed E-state index contributed by atoms with van der Waals surface area (Å²) >= 11 is 1.48. The van der Waals surface area contributed by atoms with E-state index < -0.39 is 0 Å². The van der Waals surface area contributed by atoms with Gasteiger partial charge >= 0.3 is 0 Å².